The molecule has 2 heterocycles. The van der Waals surface area contributed by atoms with Gasteiger partial charge in [-0.1, -0.05) is 0 Å². The van der Waals surface area contributed by atoms with Crippen LogP contribution in [0.15, 0.2) is 0 Å². The van der Waals surface area contributed by atoms with E-state index < -0.39 is 0 Å². The van der Waals surface area contributed by atoms with Gasteiger partial charge in [0.05, 0.1) is 17.5 Å². The molecule has 1 unspecified atom stereocenters. The molecule has 0 aliphatic carbocycles. The van der Waals surface area contributed by atoms with Crippen LogP contribution in [0.1, 0.15) is 35.9 Å². The number of ether oxygens (including phenoxy) is 1. The second-order valence-corrected chi connectivity index (χ2v) is 4.91. The van der Waals surface area contributed by atoms with Gasteiger partial charge in [-0.3, -0.25) is 9.48 Å². The van der Waals surface area contributed by atoms with E-state index >= 15 is 0 Å². The highest BCUT2D eigenvalue weighted by Gasteiger charge is 2.28. The molecule has 19 heavy (non-hydrogen) atoms. The Kier molecular flexibility index (Phi) is 4.09. The largest absolute Gasteiger partial charge is 0.395 e. The zero-order valence-electron chi connectivity index (χ0n) is 11.8. The normalized spacial score (nSPS) is 19.7. The van der Waals surface area contributed by atoms with E-state index in [1.807, 2.05) is 18.7 Å². The van der Waals surface area contributed by atoms with Gasteiger partial charge >= 0.3 is 0 Å². The van der Waals surface area contributed by atoms with Crippen LogP contribution in [0.25, 0.3) is 0 Å². The van der Waals surface area contributed by atoms with Crippen LogP contribution in [0, 0.1) is 6.92 Å². The minimum absolute atomic E-state index is 0.0401. The van der Waals surface area contributed by atoms with Crippen LogP contribution in [0.3, 0.4) is 0 Å². The van der Waals surface area contributed by atoms with Gasteiger partial charge in [0.15, 0.2) is 0 Å². The summed E-state index contributed by atoms with van der Waals surface area (Å²) in [6, 6.07) is 0. The van der Waals surface area contributed by atoms with Gasteiger partial charge in [-0.2, -0.15) is 5.10 Å². The second-order valence-electron chi connectivity index (χ2n) is 4.91. The van der Waals surface area contributed by atoms with Gasteiger partial charge in [0, 0.05) is 26.7 Å². The zero-order chi connectivity index (χ0) is 14.0. The third-order valence-electron chi connectivity index (χ3n) is 3.67. The van der Waals surface area contributed by atoms with E-state index in [1.54, 1.807) is 11.8 Å². The summed E-state index contributed by atoms with van der Waals surface area (Å²) in [5.41, 5.74) is 7.71. The fourth-order valence-electron chi connectivity index (χ4n) is 2.51. The molecule has 1 aliphatic heterocycles. The number of aromatic nitrogens is 2. The average molecular weight is 266 g/mol. The third-order valence-corrected chi connectivity index (χ3v) is 3.67. The highest BCUT2D eigenvalue weighted by molar-refractivity contribution is 5.98. The molecule has 1 amide bonds. The van der Waals surface area contributed by atoms with Gasteiger partial charge in [0.1, 0.15) is 5.69 Å². The number of likely N-dealkylation sites (tertiary alicyclic amines) is 1. The van der Waals surface area contributed by atoms with Crippen LogP contribution >= 0.6 is 0 Å². The summed E-state index contributed by atoms with van der Waals surface area (Å²) < 4.78 is 7.04. The van der Waals surface area contributed by atoms with Crippen LogP contribution in [0.4, 0.5) is 5.69 Å². The molecule has 0 saturated carbocycles. The van der Waals surface area contributed by atoms with Crippen molar-refractivity contribution >= 4 is 11.6 Å². The van der Waals surface area contributed by atoms with Gasteiger partial charge < -0.3 is 15.4 Å². The van der Waals surface area contributed by atoms with E-state index in [2.05, 4.69) is 5.10 Å². The number of piperidine rings is 1. The standard InChI is InChI=1S/C13H22N4O2/c1-4-17-12(11(14)9(2)15-17)13(18)16-7-5-6-10(8-16)19-3/h10H,4-8,14H2,1-3H3. The number of methoxy groups -OCH3 is 1. The van der Waals surface area contributed by atoms with Crippen molar-refractivity contribution in [3.63, 3.8) is 0 Å². The number of hydrogen-bond donors (Lipinski definition) is 1. The van der Waals surface area contributed by atoms with Gasteiger partial charge in [0.2, 0.25) is 0 Å². The topological polar surface area (TPSA) is 73.4 Å². The first-order valence-electron chi connectivity index (χ1n) is 6.73. The number of carbonyl (C=O) groups excluding carboxylic acids is 1. The van der Waals surface area contributed by atoms with Crippen molar-refractivity contribution in [2.24, 2.45) is 0 Å². The number of hydrogen-bond acceptors (Lipinski definition) is 4. The number of nitrogen functional groups attached to an aromatic ring is 1. The SMILES string of the molecule is CCn1nc(C)c(N)c1C(=O)N1CCCC(OC)C1. The molecule has 1 aromatic heterocycles. The van der Waals surface area contributed by atoms with E-state index in [9.17, 15) is 4.79 Å². The number of nitrogens with zero attached hydrogens (tertiary/aromatic N) is 3. The summed E-state index contributed by atoms with van der Waals surface area (Å²) in [5, 5.41) is 4.30. The van der Waals surface area contributed by atoms with E-state index in [0.717, 1.165) is 19.4 Å². The molecule has 0 aromatic carbocycles. The molecule has 1 fully saturated rings. The van der Waals surface area contributed by atoms with Gasteiger partial charge in [-0.05, 0) is 26.7 Å². The van der Waals surface area contributed by atoms with E-state index in [4.69, 9.17) is 10.5 Å². The molecule has 0 spiro atoms. The van der Waals surface area contributed by atoms with Gasteiger partial charge in [-0.15, -0.1) is 0 Å². The highest BCUT2D eigenvalue weighted by Crippen LogP contribution is 2.21. The molecule has 1 aliphatic rings. The fourth-order valence-corrected chi connectivity index (χ4v) is 2.51. The predicted octanol–water partition coefficient (Wildman–Crippen LogP) is 1.04. The quantitative estimate of drug-likeness (QED) is 0.887. The lowest BCUT2D eigenvalue weighted by Gasteiger charge is -2.32. The number of rotatable bonds is 3. The molecule has 1 aromatic rings. The molecular weight excluding hydrogens is 244 g/mol. The molecule has 6 heteroatoms. The molecule has 0 bridgehead atoms. The molecule has 1 atom stereocenters. The van der Waals surface area contributed by atoms with Crippen molar-refractivity contribution in [1.29, 1.82) is 0 Å². The lowest BCUT2D eigenvalue weighted by molar-refractivity contribution is 0.0263. The lowest BCUT2D eigenvalue weighted by atomic mass is 10.1. The monoisotopic (exact) mass is 266 g/mol. The minimum Gasteiger partial charge on any atom is -0.395 e. The van der Waals surface area contributed by atoms with Crippen LogP contribution in [-0.2, 0) is 11.3 Å². The number of amides is 1. The number of nitrogens with two attached hydrogens (primary N) is 1. The maximum atomic E-state index is 12.6. The molecule has 2 rings (SSSR count). The van der Waals surface area contributed by atoms with Crippen molar-refractivity contribution in [3.05, 3.63) is 11.4 Å². The Morgan fingerprint density at radius 3 is 2.95 bits per heavy atom. The number of aryl methyl sites for hydroxylation is 2. The van der Waals surface area contributed by atoms with Crippen LogP contribution in [0.2, 0.25) is 0 Å². The minimum atomic E-state index is -0.0401. The zero-order valence-corrected chi connectivity index (χ0v) is 11.8. The summed E-state index contributed by atoms with van der Waals surface area (Å²) in [7, 11) is 1.69. The Hall–Kier alpha value is -1.56. The molecule has 1 saturated heterocycles. The number of carbonyl (C=O) groups is 1. The maximum absolute atomic E-state index is 12.6. The molecule has 6 nitrogen and oxygen atoms in total. The van der Waals surface area contributed by atoms with Crippen molar-refractivity contribution in [1.82, 2.24) is 14.7 Å². The summed E-state index contributed by atoms with van der Waals surface area (Å²) in [5.74, 6) is -0.0401. The first-order valence-corrected chi connectivity index (χ1v) is 6.73. The summed E-state index contributed by atoms with van der Waals surface area (Å²) >= 11 is 0. The highest BCUT2D eigenvalue weighted by atomic mass is 16.5. The van der Waals surface area contributed by atoms with Crippen LogP contribution in [-0.4, -0.2) is 46.9 Å². The fraction of sp³-hybridized carbons (Fsp3) is 0.692. The van der Waals surface area contributed by atoms with Crippen molar-refractivity contribution in [2.75, 3.05) is 25.9 Å². The van der Waals surface area contributed by atoms with Crippen LogP contribution in [0.5, 0.6) is 0 Å². The summed E-state index contributed by atoms with van der Waals surface area (Å²) in [4.78, 5) is 14.4. The Bertz CT molecular complexity index is 469. The van der Waals surface area contributed by atoms with E-state index in [1.165, 1.54) is 0 Å². The molecule has 0 radical (unpaired) electrons. The van der Waals surface area contributed by atoms with Gasteiger partial charge in [0.25, 0.3) is 5.91 Å². The maximum Gasteiger partial charge on any atom is 0.274 e. The van der Waals surface area contributed by atoms with Crippen molar-refractivity contribution < 1.29 is 9.53 Å². The molecule has 106 valence electrons. The third kappa shape index (κ3) is 2.58. The average Bonchev–Trinajstić information content (AvgIpc) is 2.73. The van der Waals surface area contributed by atoms with Crippen LogP contribution < -0.4 is 5.73 Å². The Balaban J connectivity index is 2.24. The summed E-state index contributed by atoms with van der Waals surface area (Å²) in [6.07, 6.45) is 2.09. The Morgan fingerprint density at radius 1 is 1.58 bits per heavy atom. The van der Waals surface area contributed by atoms with E-state index in [-0.39, 0.29) is 12.0 Å². The molecular formula is C13H22N4O2. The van der Waals surface area contributed by atoms with Gasteiger partial charge in [-0.25, -0.2) is 0 Å². The Labute approximate surface area is 113 Å². The van der Waals surface area contributed by atoms with E-state index in [0.29, 0.717) is 30.2 Å². The molecule has 2 N–H and O–H groups in total. The number of anilines is 1. The smallest absolute Gasteiger partial charge is 0.274 e. The van der Waals surface area contributed by atoms with Crippen molar-refractivity contribution in [3.8, 4) is 0 Å². The summed E-state index contributed by atoms with van der Waals surface area (Å²) in [6.45, 7) is 5.80. The first-order chi connectivity index (χ1) is 9.08. The first kappa shape index (κ1) is 13.9. The van der Waals surface area contributed by atoms with Crippen molar-refractivity contribution in [2.45, 2.75) is 39.3 Å². The second kappa shape index (κ2) is 5.61. The lowest BCUT2D eigenvalue weighted by Crippen LogP contribution is -2.43. The Morgan fingerprint density at radius 2 is 2.32 bits per heavy atom. The predicted molar refractivity (Wildman–Crippen MR) is 73.0 cm³/mol.